The van der Waals surface area contributed by atoms with Gasteiger partial charge in [0.2, 0.25) is 5.91 Å². The predicted octanol–water partition coefficient (Wildman–Crippen LogP) is 5.18. The molecule has 0 radical (unpaired) electrons. The third-order valence-corrected chi connectivity index (χ3v) is 6.57. The highest BCUT2D eigenvalue weighted by Gasteiger charge is 2.31. The van der Waals surface area contributed by atoms with Crippen LogP contribution in [0.25, 0.3) is 10.2 Å². The number of amides is 1. The number of nitrogens with zero attached hydrogens (tertiary/aromatic N) is 3. The second-order valence-corrected chi connectivity index (χ2v) is 8.86. The molecule has 2 heterocycles. The molecule has 1 aliphatic rings. The molecule has 0 bridgehead atoms. The number of morpholine rings is 1. The lowest BCUT2D eigenvalue weighted by Gasteiger charge is -2.29. The molecule has 6 nitrogen and oxygen atoms in total. The Morgan fingerprint density at radius 2 is 1.94 bits per heavy atom. The molecule has 0 spiro atoms. The van der Waals surface area contributed by atoms with Crippen molar-refractivity contribution in [2.24, 2.45) is 0 Å². The molecule has 12 heteroatoms. The number of alkyl halides is 3. The topological polar surface area (TPSA) is 54.9 Å². The van der Waals surface area contributed by atoms with Gasteiger partial charge in [-0.2, -0.15) is 0 Å². The number of fused-ring (bicyclic) bond motifs is 1. The average molecular weight is 536 g/mol. The van der Waals surface area contributed by atoms with E-state index in [1.807, 2.05) is 6.07 Å². The van der Waals surface area contributed by atoms with Crippen molar-refractivity contribution in [3.8, 4) is 5.75 Å². The lowest BCUT2D eigenvalue weighted by atomic mass is 10.1. The average Bonchev–Trinajstić information content (AvgIpc) is 3.18. The fourth-order valence-electron chi connectivity index (χ4n) is 3.50. The number of halogens is 5. The predicted molar refractivity (Wildman–Crippen MR) is 128 cm³/mol. The van der Waals surface area contributed by atoms with Gasteiger partial charge in [0.15, 0.2) is 5.13 Å². The van der Waals surface area contributed by atoms with Gasteiger partial charge in [0.1, 0.15) is 5.75 Å². The van der Waals surface area contributed by atoms with Gasteiger partial charge in [-0.05, 0) is 23.8 Å². The molecular formula is C22H22Cl2F3N3O3S. The lowest BCUT2D eigenvalue weighted by Crippen LogP contribution is -2.43. The number of benzene rings is 2. The van der Waals surface area contributed by atoms with Gasteiger partial charge in [-0.1, -0.05) is 41.1 Å². The highest BCUT2D eigenvalue weighted by molar-refractivity contribution is 7.22. The fourth-order valence-corrected chi connectivity index (χ4v) is 4.74. The van der Waals surface area contributed by atoms with E-state index >= 15 is 0 Å². The van der Waals surface area contributed by atoms with Crippen molar-refractivity contribution in [2.75, 3.05) is 44.3 Å². The maximum absolute atomic E-state index is 13.3. The molecule has 3 aromatic rings. The van der Waals surface area contributed by atoms with Crippen LogP contribution in [0, 0.1) is 0 Å². The van der Waals surface area contributed by atoms with Crippen LogP contribution in [-0.2, 0) is 16.0 Å². The molecule has 184 valence electrons. The summed E-state index contributed by atoms with van der Waals surface area (Å²) in [4.78, 5) is 21.6. The fraction of sp³-hybridized carbons (Fsp3) is 0.364. The van der Waals surface area contributed by atoms with E-state index in [4.69, 9.17) is 16.3 Å². The van der Waals surface area contributed by atoms with E-state index in [0.717, 1.165) is 24.4 Å². The van der Waals surface area contributed by atoms with Crippen LogP contribution in [0.4, 0.5) is 18.3 Å². The molecule has 34 heavy (non-hydrogen) atoms. The first-order valence-corrected chi connectivity index (χ1v) is 11.5. The number of ether oxygens (including phenoxy) is 2. The molecule has 0 unspecified atom stereocenters. The summed E-state index contributed by atoms with van der Waals surface area (Å²) < 4.78 is 47.6. The highest BCUT2D eigenvalue weighted by Crippen LogP contribution is 2.33. The maximum Gasteiger partial charge on any atom is 0.573 e. The number of hydrogen-bond acceptors (Lipinski definition) is 6. The Balaban J connectivity index is 0.00000324. The quantitative estimate of drug-likeness (QED) is 0.417. The molecule has 1 amide bonds. The summed E-state index contributed by atoms with van der Waals surface area (Å²) in [6.45, 7) is 3.81. The van der Waals surface area contributed by atoms with Gasteiger partial charge < -0.3 is 9.47 Å². The Labute approximate surface area is 209 Å². The van der Waals surface area contributed by atoms with E-state index in [1.165, 1.54) is 18.2 Å². The number of thiazole rings is 1. The molecule has 4 rings (SSSR count). The molecule has 0 saturated carbocycles. The second kappa shape index (κ2) is 11.5. The normalized spacial score (nSPS) is 14.6. The number of anilines is 1. The molecule has 2 aromatic carbocycles. The van der Waals surface area contributed by atoms with Gasteiger partial charge in [0.05, 0.1) is 29.9 Å². The Morgan fingerprint density at radius 3 is 2.65 bits per heavy atom. The summed E-state index contributed by atoms with van der Waals surface area (Å²) >= 11 is 7.39. The van der Waals surface area contributed by atoms with E-state index in [1.54, 1.807) is 23.1 Å². The van der Waals surface area contributed by atoms with Crippen LogP contribution in [-0.4, -0.2) is 61.5 Å². The van der Waals surface area contributed by atoms with Crippen LogP contribution < -0.4 is 9.64 Å². The standard InChI is InChI=1S/C22H21ClF3N3O3S.ClH/c23-17-4-2-1-3-15(17)13-20(30)29(8-7-28-9-11-31-12-10-28)21-27-18-6-5-16(14-19(18)33-21)32-22(24,25)26;/h1-6,14H,7-13H2;1H. The zero-order valence-electron chi connectivity index (χ0n) is 17.9. The Bertz CT molecular complexity index is 1120. The number of rotatable bonds is 7. The van der Waals surface area contributed by atoms with Crippen molar-refractivity contribution in [2.45, 2.75) is 12.8 Å². The van der Waals surface area contributed by atoms with Crippen molar-refractivity contribution in [1.29, 1.82) is 0 Å². The first kappa shape index (κ1) is 26.5. The maximum atomic E-state index is 13.3. The number of carbonyl (C=O) groups excluding carboxylic acids is 1. The number of hydrogen-bond donors (Lipinski definition) is 0. The van der Waals surface area contributed by atoms with Crippen molar-refractivity contribution in [3.63, 3.8) is 0 Å². The zero-order chi connectivity index (χ0) is 23.4. The van der Waals surface area contributed by atoms with Crippen molar-refractivity contribution in [1.82, 2.24) is 9.88 Å². The molecule has 1 aromatic heterocycles. The summed E-state index contributed by atoms with van der Waals surface area (Å²) in [6.07, 6.45) is -4.70. The van der Waals surface area contributed by atoms with Gasteiger partial charge in [0, 0.05) is 37.3 Å². The Kier molecular flexibility index (Phi) is 9.00. The molecule has 1 fully saturated rings. The molecule has 0 atom stereocenters. The number of aromatic nitrogens is 1. The van der Waals surface area contributed by atoms with Crippen molar-refractivity contribution < 1.29 is 27.4 Å². The summed E-state index contributed by atoms with van der Waals surface area (Å²) in [7, 11) is 0. The van der Waals surface area contributed by atoms with Crippen LogP contribution in [0.1, 0.15) is 5.56 Å². The zero-order valence-corrected chi connectivity index (χ0v) is 20.3. The largest absolute Gasteiger partial charge is 0.573 e. The van der Waals surface area contributed by atoms with E-state index in [2.05, 4.69) is 14.6 Å². The molecule has 1 saturated heterocycles. The van der Waals surface area contributed by atoms with Gasteiger partial charge >= 0.3 is 6.36 Å². The lowest BCUT2D eigenvalue weighted by molar-refractivity contribution is -0.274. The van der Waals surface area contributed by atoms with Crippen LogP contribution in [0.5, 0.6) is 5.75 Å². The van der Waals surface area contributed by atoms with E-state index < -0.39 is 6.36 Å². The Morgan fingerprint density at radius 1 is 1.21 bits per heavy atom. The van der Waals surface area contributed by atoms with Gasteiger partial charge in [0.25, 0.3) is 0 Å². The minimum atomic E-state index is -4.78. The highest BCUT2D eigenvalue weighted by atomic mass is 35.5. The first-order valence-electron chi connectivity index (χ1n) is 10.3. The van der Waals surface area contributed by atoms with Crippen molar-refractivity contribution >= 4 is 56.6 Å². The van der Waals surface area contributed by atoms with E-state index in [-0.39, 0.29) is 30.5 Å². The second-order valence-electron chi connectivity index (χ2n) is 7.44. The number of carbonyl (C=O) groups is 1. The van der Waals surface area contributed by atoms with Crippen LogP contribution >= 0.6 is 35.3 Å². The van der Waals surface area contributed by atoms with Crippen LogP contribution in [0.2, 0.25) is 5.02 Å². The molecule has 0 aliphatic carbocycles. The summed E-state index contributed by atoms with van der Waals surface area (Å²) in [5.41, 5.74) is 1.19. The van der Waals surface area contributed by atoms with Crippen molar-refractivity contribution in [3.05, 3.63) is 53.1 Å². The third kappa shape index (κ3) is 6.96. The molecule has 0 N–H and O–H groups in total. The monoisotopic (exact) mass is 535 g/mol. The van der Waals surface area contributed by atoms with Crippen LogP contribution in [0.15, 0.2) is 42.5 Å². The van der Waals surface area contributed by atoms with Crippen LogP contribution in [0.3, 0.4) is 0 Å². The molecule has 1 aliphatic heterocycles. The minimum absolute atomic E-state index is 0. The van der Waals surface area contributed by atoms with E-state index in [9.17, 15) is 18.0 Å². The summed E-state index contributed by atoms with van der Waals surface area (Å²) in [5.74, 6) is -0.519. The van der Waals surface area contributed by atoms with Gasteiger partial charge in [-0.3, -0.25) is 14.6 Å². The smallest absolute Gasteiger partial charge is 0.406 e. The summed E-state index contributed by atoms with van der Waals surface area (Å²) in [6, 6.07) is 11.1. The van der Waals surface area contributed by atoms with E-state index in [0.29, 0.717) is 52.2 Å². The Hall–Kier alpha value is -2.11. The minimum Gasteiger partial charge on any atom is -0.406 e. The summed E-state index contributed by atoms with van der Waals surface area (Å²) in [5, 5.41) is 0.914. The first-order chi connectivity index (χ1) is 15.8. The SMILES string of the molecule is Cl.O=C(Cc1ccccc1Cl)N(CCN1CCOCC1)c1nc2ccc(OC(F)(F)F)cc2s1. The van der Waals surface area contributed by atoms with Gasteiger partial charge in [-0.15, -0.1) is 25.6 Å². The van der Waals surface area contributed by atoms with Gasteiger partial charge in [-0.25, -0.2) is 4.98 Å². The molecular weight excluding hydrogens is 514 g/mol. The third-order valence-electron chi connectivity index (χ3n) is 5.16.